The highest BCUT2D eigenvalue weighted by Gasteiger charge is 2.30. The number of benzene rings is 1. The fourth-order valence-electron chi connectivity index (χ4n) is 2.34. The first-order chi connectivity index (χ1) is 10.4. The van der Waals surface area contributed by atoms with Crippen molar-refractivity contribution in [1.29, 1.82) is 0 Å². The third kappa shape index (κ3) is 5.22. The van der Waals surface area contributed by atoms with Gasteiger partial charge in [-0.25, -0.2) is 0 Å². The number of nitrogens with one attached hydrogen (secondary N) is 2. The number of carbonyl (C=O) groups is 1. The molecule has 2 N–H and O–H groups in total. The first-order valence-electron chi connectivity index (χ1n) is 7.22. The SMILES string of the molecule is O=C(COc1cccc(C(F)(F)F)c1)NCCC1CCNC1. The average Bonchev–Trinajstić information content (AvgIpc) is 2.98. The van der Waals surface area contributed by atoms with E-state index in [1.165, 1.54) is 12.1 Å². The summed E-state index contributed by atoms with van der Waals surface area (Å²) in [7, 11) is 0. The van der Waals surface area contributed by atoms with Gasteiger partial charge in [-0.1, -0.05) is 6.07 Å². The molecule has 1 aromatic rings. The summed E-state index contributed by atoms with van der Waals surface area (Å²) >= 11 is 0. The Bertz CT molecular complexity index is 500. The molecule has 2 rings (SSSR count). The molecule has 4 nitrogen and oxygen atoms in total. The van der Waals surface area contributed by atoms with E-state index in [1.807, 2.05) is 0 Å². The van der Waals surface area contributed by atoms with Crippen LogP contribution in [0.2, 0.25) is 0 Å². The Morgan fingerprint density at radius 1 is 1.41 bits per heavy atom. The minimum Gasteiger partial charge on any atom is -0.484 e. The number of alkyl halides is 3. The molecule has 0 aliphatic carbocycles. The van der Waals surface area contributed by atoms with Gasteiger partial charge in [0.2, 0.25) is 0 Å². The zero-order valence-corrected chi connectivity index (χ0v) is 12.1. The van der Waals surface area contributed by atoms with Gasteiger partial charge in [-0.05, 0) is 50.0 Å². The van der Waals surface area contributed by atoms with Crippen molar-refractivity contribution in [3.05, 3.63) is 29.8 Å². The number of rotatable bonds is 6. The van der Waals surface area contributed by atoms with Gasteiger partial charge >= 0.3 is 6.18 Å². The lowest BCUT2D eigenvalue weighted by molar-refractivity contribution is -0.137. The summed E-state index contributed by atoms with van der Waals surface area (Å²) in [6.07, 6.45) is -2.42. The Balaban J connectivity index is 1.71. The van der Waals surface area contributed by atoms with Crippen molar-refractivity contribution in [1.82, 2.24) is 10.6 Å². The molecule has 0 radical (unpaired) electrons. The monoisotopic (exact) mass is 316 g/mol. The van der Waals surface area contributed by atoms with E-state index >= 15 is 0 Å². The van der Waals surface area contributed by atoms with Crippen molar-refractivity contribution in [2.75, 3.05) is 26.2 Å². The van der Waals surface area contributed by atoms with E-state index < -0.39 is 11.7 Å². The number of hydrogen-bond donors (Lipinski definition) is 2. The topological polar surface area (TPSA) is 50.4 Å². The van der Waals surface area contributed by atoms with Crippen LogP contribution in [0, 0.1) is 5.92 Å². The van der Waals surface area contributed by atoms with E-state index in [9.17, 15) is 18.0 Å². The summed E-state index contributed by atoms with van der Waals surface area (Å²) in [5, 5.41) is 5.96. The van der Waals surface area contributed by atoms with Crippen LogP contribution in [0.5, 0.6) is 5.75 Å². The van der Waals surface area contributed by atoms with Gasteiger partial charge in [0.05, 0.1) is 5.56 Å². The molecule has 0 bridgehead atoms. The fraction of sp³-hybridized carbons (Fsp3) is 0.533. The third-order valence-corrected chi connectivity index (χ3v) is 3.57. The molecule has 7 heteroatoms. The smallest absolute Gasteiger partial charge is 0.416 e. The predicted molar refractivity (Wildman–Crippen MR) is 75.5 cm³/mol. The number of carbonyl (C=O) groups excluding carboxylic acids is 1. The lowest BCUT2D eigenvalue weighted by Crippen LogP contribution is -2.30. The lowest BCUT2D eigenvalue weighted by Gasteiger charge is -2.11. The van der Waals surface area contributed by atoms with Crippen LogP contribution in [0.1, 0.15) is 18.4 Å². The summed E-state index contributed by atoms with van der Waals surface area (Å²) < 4.78 is 42.7. The second-order valence-electron chi connectivity index (χ2n) is 5.31. The number of amides is 1. The summed E-state index contributed by atoms with van der Waals surface area (Å²) in [5.41, 5.74) is -0.792. The molecule has 1 aliphatic rings. The van der Waals surface area contributed by atoms with Gasteiger partial charge in [0, 0.05) is 6.54 Å². The van der Waals surface area contributed by atoms with Gasteiger partial charge < -0.3 is 15.4 Å². The van der Waals surface area contributed by atoms with Crippen molar-refractivity contribution in [2.24, 2.45) is 5.92 Å². The van der Waals surface area contributed by atoms with Gasteiger partial charge in [0.1, 0.15) is 5.75 Å². The molecule has 0 saturated carbocycles. The molecule has 0 spiro atoms. The van der Waals surface area contributed by atoms with Crippen molar-refractivity contribution < 1.29 is 22.7 Å². The number of halogens is 3. The normalized spacial score (nSPS) is 18.2. The molecule has 0 aromatic heterocycles. The lowest BCUT2D eigenvalue weighted by atomic mass is 10.1. The number of hydrogen-bond acceptors (Lipinski definition) is 3. The van der Waals surface area contributed by atoms with Crippen molar-refractivity contribution >= 4 is 5.91 Å². The molecule has 1 aliphatic heterocycles. The standard InChI is InChI=1S/C15H19F3N2O2/c16-15(17,18)12-2-1-3-13(8-12)22-10-14(21)20-7-5-11-4-6-19-9-11/h1-3,8,11,19H,4-7,9-10H2,(H,20,21). The minimum absolute atomic E-state index is 0.0324. The van der Waals surface area contributed by atoms with Gasteiger partial charge in [-0.15, -0.1) is 0 Å². The Morgan fingerprint density at radius 2 is 2.23 bits per heavy atom. The average molecular weight is 316 g/mol. The van der Waals surface area contributed by atoms with E-state index in [4.69, 9.17) is 4.74 Å². The number of ether oxygens (including phenoxy) is 1. The molecular formula is C15H19F3N2O2. The first kappa shape index (κ1) is 16.6. The zero-order chi connectivity index (χ0) is 16.0. The van der Waals surface area contributed by atoms with Crippen molar-refractivity contribution in [2.45, 2.75) is 19.0 Å². The molecule has 1 heterocycles. The van der Waals surface area contributed by atoms with E-state index in [0.29, 0.717) is 12.5 Å². The van der Waals surface area contributed by atoms with Crippen molar-refractivity contribution in [3.8, 4) is 5.75 Å². The molecule has 1 saturated heterocycles. The maximum absolute atomic E-state index is 12.5. The van der Waals surface area contributed by atoms with Crippen LogP contribution in [0.25, 0.3) is 0 Å². The molecule has 1 unspecified atom stereocenters. The van der Waals surface area contributed by atoms with E-state index in [1.54, 1.807) is 0 Å². The van der Waals surface area contributed by atoms with E-state index in [2.05, 4.69) is 10.6 Å². The second-order valence-corrected chi connectivity index (χ2v) is 5.31. The van der Waals surface area contributed by atoms with Crippen LogP contribution in [0.15, 0.2) is 24.3 Å². The first-order valence-corrected chi connectivity index (χ1v) is 7.22. The second kappa shape index (κ2) is 7.49. The highest BCUT2D eigenvalue weighted by atomic mass is 19.4. The van der Waals surface area contributed by atoms with Crippen LogP contribution < -0.4 is 15.4 Å². The fourth-order valence-corrected chi connectivity index (χ4v) is 2.34. The maximum atomic E-state index is 12.5. The maximum Gasteiger partial charge on any atom is 0.416 e. The quantitative estimate of drug-likeness (QED) is 0.846. The molecule has 1 fully saturated rings. The summed E-state index contributed by atoms with van der Waals surface area (Å²) in [6.45, 7) is 2.25. The van der Waals surface area contributed by atoms with Crippen molar-refractivity contribution in [3.63, 3.8) is 0 Å². The Morgan fingerprint density at radius 3 is 2.91 bits per heavy atom. The summed E-state index contributed by atoms with van der Waals surface area (Å²) in [4.78, 5) is 11.6. The third-order valence-electron chi connectivity index (χ3n) is 3.57. The molecule has 1 atom stereocenters. The van der Waals surface area contributed by atoms with Crippen LogP contribution in [-0.4, -0.2) is 32.1 Å². The summed E-state index contributed by atoms with van der Waals surface area (Å²) in [5.74, 6) is 0.276. The predicted octanol–water partition coefficient (Wildman–Crippen LogP) is 2.20. The van der Waals surface area contributed by atoms with Crippen LogP contribution in [0.4, 0.5) is 13.2 Å². The minimum atomic E-state index is -4.42. The Labute approximate surface area is 127 Å². The van der Waals surface area contributed by atoms with Crippen LogP contribution >= 0.6 is 0 Å². The highest BCUT2D eigenvalue weighted by Crippen LogP contribution is 2.31. The largest absolute Gasteiger partial charge is 0.484 e. The Kier molecular flexibility index (Phi) is 5.65. The molecule has 22 heavy (non-hydrogen) atoms. The molecule has 1 aromatic carbocycles. The highest BCUT2D eigenvalue weighted by molar-refractivity contribution is 5.77. The van der Waals surface area contributed by atoms with Crippen LogP contribution in [0.3, 0.4) is 0 Å². The van der Waals surface area contributed by atoms with Gasteiger partial charge in [0.25, 0.3) is 5.91 Å². The summed E-state index contributed by atoms with van der Waals surface area (Å²) in [6, 6.07) is 4.50. The molecule has 122 valence electrons. The van der Waals surface area contributed by atoms with Gasteiger partial charge in [0.15, 0.2) is 6.61 Å². The molecular weight excluding hydrogens is 297 g/mol. The van der Waals surface area contributed by atoms with Crippen LogP contribution in [-0.2, 0) is 11.0 Å². The van der Waals surface area contributed by atoms with E-state index in [-0.39, 0.29) is 18.3 Å². The molecule has 1 amide bonds. The van der Waals surface area contributed by atoms with Gasteiger partial charge in [-0.3, -0.25) is 4.79 Å². The Hall–Kier alpha value is -1.76. The van der Waals surface area contributed by atoms with E-state index in [0.717, 1.165) is 38.1 Å². The van der Waals surface area contributed by atoms with Gasteiger partial charge in [-0.2, -0.15) is 13.2 Å². The zero-order valence-electron chi connectivity index (χ0n) is 12.1.